The summed E-state index contributed by atoms with van der Waals surface area (Å²) in [6, 6.07) is 24.5. The minimum absolute atomic E-state index is 0.153. The van der Waals surface area contributed by atoms with Crippen molar-refractivity contribution in [3.8, 4) is 11.3 Å². The third-order valence-electron chi connectivity index (χ3n) is 6.23. The van der Waals surface area contributed by atoms with Crippen LogP contribution in [0.15, 0.2) is 79.0 Å². The number of aromatic nitrogens is 4. The van der Waals surface area contributed by atoms with E-state index >= 15 is 0 Å². The van der Waals surface area contributed by atoms with E-state index in [-0.39, 0.29) is 19.0 Å². The summed E-state index contributed by atoms with van der Waals surface area (Å²) >= 11 is 0. The van der Waals surface area contributed by atoms with E-state index in [9.17, 15) is 4.79 Å². The Morgan fingerprint density at radius 3 is 2.57 bits per heavy atom. The Morgan fingerprint density at radius 2 is 1.77 bits per heavy atom. The van der Waals surface area contributed by atoms with Crippen molar-refractivity contribution in [2.75, 3.05) is 0 Å². The van der Waals surface area contributed by atoms with Crippen molar-refractivity contribution in [3.05, 3.63) is 107 Å². The van der Waals surface area contributed by atoms with Crippen molar-refractivity contribution < 1.29 is 9.53 Å². The molecule has 0 amide bonds. The number of carbonyl (C=O) groups is 1. The molecule has 0 saturated heterocycles. The molecule has 3 aromatic carbocycles. The fourth-order valence-corrected chi connectivity index (χ4v) is 4.39. The third-order valence-corrected chi connectivity index (χ3v) is 6.23. The van der Waals surface area contributed by atoms with Gasteiger partial charge in [-0.05, 0) is 48.7 Å². The van der Waals surface area contributed by atoms with Crippen LogP contribution in [0.3, 0.4) is 0 Å². The number of ether oxygens (including phenoxy) is 1. The van der Waals surface area contributed by atoms with Gasteiger partial charge in [-0.2, -0.15) is 10.2 Å². The van der Waals surface area contributed by atoms with Crippen LogP contribution >= 0.6 is 0 Å². The van der Waals surface area contributed by atoms with Gasteiger partial charge in [-0.25, -0.2) is 0 Å². The van der Waals surface area contributed by atoms with Gasteiger partial charge in [-0.15, -0.1) is 0 Å². The number of esters is 1. The summed E-state index contributed by atoms with van der Waals surface area (Å²) in [7, 11) is 1.91. The van der Waals surface area contributed by atoms with Gasteiger partial charge in [-0.1, -0.05) is 60.2 Å². The fourth-order valence-electron chi connectivity index (χ4n) is 4.39. The number of hydrogen-bond donors (Lipinski definition) is 0. The molecule has 35 heavy (non-hydrogen) atoms. The van der Waals surface area contributed by atoms with Crippen LogP contribution in [0, 0.1) is 13.8 Å². The molecule has 0 fully saturated rings. The molecule has 5 aromatic rings. The Morgan fingerprint density at radius 1 is 0.943 bits per heavy atom. The number of benzene rings is 3. The molecule has 176 valence electrons. The molecule has 6 nitrogen and oxygen atoms in total. The molecule has 0 aliphatic carbocycles. The first-order chi connectivity index (χ1) is 17.0. The average Bonchev–Trinajstić information content (AvgIpc) is 3.41. The summed E-state index contributed by atoms with van der Waals surface area (Å²) < 4.78 is 9.38. The lowest BCUT2D eigenvalue weighted by Gasteiger charge is -2.09. The number of rotatable bonds is 7. The number of aryl methyl sites for hydroxylation is 3. The number of nitrogens with zero attached hydrogens (tertiary/aromatic N) is 4. The van der Waals surface area contributed by atoms with Crippen LogP contribution < -0.4 is 0 Å². The number of hydrogen-bond acceptors (Lipinski definition) is 4. The molecule has 0 saturated carbocycles. The van der Waals surface area contributed by atoms with Gasteiger partial charge < -0.3 is 4.74 Å². The average molecular weight is 465 g/mol. The minimum atomic E-state index is -0.280. The molecule has 0 atom stereocenters. The largest absolute Gasteiger partial charge is 0.461 e. The van der Waals surface area contributed by atoms with Crippen molar-refractivity contribution >= 4 is 16.9 Å². The highest BCUT2D eigenvalue weighted by Crippen LogP contribution is 2.25. The maximum absolute atomic E-state index is 12.8. The van der Waals surface area contributed by atoms with Crippen molar-refractivity contribution in [2.24, 2.45) is 7.05 Å². The molecular formula is C29H28N4O2. The van der Waals surface area contributed by atoms with Gasteiger partial charge >= 0.3 is 5.97 Å². The molecule has 2 heterocycles. The van der Waals surface area contributed by atoms with Crippen molar-refractivity contribution in [2.45, 2.75) is 33.4 Å². The Kier molecular flexibility index (Phi) is 6.19. The van der Waals surface area contributed by atoms with Crippen LogP contribution in [0.25, 0.3) is 22.2 Å². The zero-order chi connectivity index (χ0) is 24.4. The molecule has 0 spiro atoms. The zero-order valence-corrected chi connectivity index (χ0v) is 20.2. The van der Waals surface area contributed by atoms with Crippen LogP contribution in [0.5, 0.6) is 0 Å². The smallest absolute Gasteiger partial charge is 0.312 e. The maximum atomic E-state index is 12.8. The van der Waals surface area contributed by atoms with E-state index in [0.717, 1.165) is 44.5 Å². The van der Waals surface area contributed by atoms with Crippen molar-refractivity contribution in [3.63, 3.8) is 0 Å². The molecule has 2 aromatic heterocycles. The molecule has 0 aliphatic rings. The SMILES string of the molecule is Cc1ccc(-c2cc(CC(=O)OCc3ccc4c(cnn4C)c3)n(Cc3ccccc3)n2)c(C)c1. The van der Waals surface area contributed by atoms with Gasteiger partial charge in [0.05, 0.1) is 36.1 Å². The van der Waals surface area contributed by atoms with Gasteiger partial charge in [-0.3, -0.25) is 14.2 Å². The summed E-state index contributed by atoms with van der Waals surface area (Å²) in [5.74, 6) is -0.280. The molecule has 0 N–H and O–H groups in total. The fraction of sp³-hybridized carbons (Fsp3) is 0.207. The predicted octanol–water partition coefficient (Wildman–Crippen LogP) is 5.39. The highest BCUT2D eigenvalue weighted by Gasteiger charge is 2.16. The topological polar surface area (TPSA) is 61.9 Å². The highest BCUT2D eigenvalue weighted by atomic mass is 16.5. The Balaban J connectivity index is 1.36. The monoisotopic (exact) mass is 464 g/mol. The van der Waals surface area contributed by atoms with Gasteiger partial charge in [0.1, 0.15) is 6.61 Å². The first kappa shape index (κ1) is 22.6. The van der Waals surface area contributed by atoms with E-state index < -0.39 is 0 Å². The molecule has 0 unspecified atom stereocenters. The summed E-state index contributed by atoms with van der Waals surface area (Å²) in [6.45, 7) is 4.98. The van der Waals surface area contributed by atoms with E-state index in [1.54, 1.807) is 0 Å². The van der Waals surface area contributed by atoms with Gasteiger partial charge in [0.25, 0.3) is 0 Å². The molecule has 0 aliphatic heterocycles. The second kappa shape index (κ2) is 9.58. The second-order valence-electron chi connectivity index (χ2n) is 8.98. The minimum Gasteiger partial charge on any atom is -0.461 e. The quantitative estimate of drug-likeness (QED) is 0.303. The lowest BCUT2D eigenvalue weighted by molar-refractivity contribution is -0.144. The maximum Gasteiger partial charge on any atom is 0.312 e. The number of fused-ring (bicyclic) bond motifs is 1. The normalized spacial score (nSPS) is 11.2. The van der Waals surface area contributed by atoms with Crippen molar-refractivity contribution in [1.82, 2.24) is 19.6 Å². The van der Waals surface area contributed by atoms with Crippen LogP contribution in [0.2, 0.25) is 0 Å². The van der Waals surface area contributed by atoms with E-state index in [4.69, 9.17) is 9.84 Å². The van der Waals surface area contributed by atoms with E-state index in [0.29, 0.717) is 6.54 Å². The van der Waals surface area contributed by atoms with Crippen LogP contribution in [-0.2, 0) is 36.2 Å². The molecule has 0 radical (unpaired) electrons. The van der Waals surface area contributed by atoms with Crippen LogP contribution in [0.1, 0.15) is 27.9 Å². The van der Waals surface area contributed by atoms with Crippen LogP contribution in [-0.4, -0.2) is 25.5 Å². The first-order valence-corrected chi connectivity index (χ1v) is 11.7. The predicted molar refractivity (Wildman–Crippen MR) is 137 cm³/mol. The summed E-state index contributed by atoms with van der Waals surface area (Å²) in [5.41, 5.74) is 8.25. The lowest BCUT2D eigenvalue weighted by atomic mass is 10.0. The van der Waals surface area contributed by atoms with E-state index in [1.807, 2.05) is 65.1 Å². The zero-order valence-electron chi connectivity index (χ0n) is 20.2. The Bertz CT molecular complexity index is 1500. The Hall–Kier alpha value is -4.19. The molecule has 6 heteroatoms. The van der Waals surface area contributed by atoms with Gasteiger partial charge in [0, 0.05) is 18.0 Å². The van der Waals surface area contributed by atoms with Crippen LogP contribution in [0.4, 0.5) is 0 Å². The van der Waals surface area contributed by atoms with Gasteiger partial charge in [0.15, 0.2) is 0 Å². The third kappa shape index (κ3) is 5.01. The molecular weight excluding hydrogens is 436 g/mol. The van der Waals surface area contributed by atoms with E-state index in [1.165, 1.54) is 5.56 Å². The first-order valence-electron chi connectivity index (χ1n) is 11.7. The van der Waals surface area contributed by atoms with Crippen molar-refractivity contribution in [1.29, 1.82) is 0 Å². The number of carbonyl (C=O) groups excluding carboxylic acids is 1. The summed E-state index contributed by atoms with van der Waals surface area (Å²) in [6.07, 6.45) is 1.97. The Labute approximate surface area is 204 Å². The molecule has 0 bridgehead atoms. The molecule has 5 rings (SSSR count). The lowest BCUT2D eigenvalue weighted by Crippen LogP contribution is -2.13. The summed E-state index contributed by atoms with van der Waals surface area (Å²) in [4.78, 5) is 12.8. The van der Waals surface area contributed by atoms with Gasteiger partial charge in [0.2, 0.25) is 0 Å². The summed E-state index contributed by atoms with van der Waals surface area (Å²) in [5, 5.41) is 10.2. The standard InChI is InChI=1S/C29H28N4O2/c1-20-9-11-26(21(2)13-20)27-15-25(33(31-27)18-22-7-5-4-6-8-22)16-29(34)35-19-23-10-12-28-24(14-23)17-30-32(28)3/h4-15,17H,16,18-19H2,1-3H3. The highest BCUT2D eigenvalue weighted by molar-refractivity contribution is 5.79. The second-order valence-corrected chi connectivity index (χ2v) is 8.98. The van der Waals surface area contributed by atoms with E-state index in [2.05, 4.69) is 49.3 Å².